The first-order valence-electron chi connectivity index (χ1n) is 3.27. The van der Waals surface area contributed by atoms with Crippen molar-refractivity contribution in [1.29, 1.82) is 0 Å². The van der Waals surface area contributed by atoms with Gasteiger partial charge in [0.15, 0.2) is 0 Å². The zero-order valence-electron chi connectivity index (χ0n) is 7.09. The molecule has 0 radical (unpaired) electrons. The van der Waals surface area contributed by atoms with Gasteiger partial charge in [0.25, 0.3) is 0 Å². The Kier molecular flexibility index (Phi) is 2.71. The minimum Gasteiger partial charge on any atom is -0.225 e. The van der Waals surface area contributed by atoms with E-state index >= 15 is 0 Å². The third-order valence-corrected chi connectivity index (χ3v) is 5.38. The third-order valence-electron chi connectivity index (χ3n) is 1.51. The monoisotopic (exact) mass is 256 g/mol. The molecule has 0 saturated heterocycles. The topological polar surface area (TPSA) is 120 Å². The van der Waals surface area contributed by atoms with Crippen molar-refractivity contribution >= 4 is 31.4 Å². The minimum atomic E-state index is -3.88. The summed E-state index contributed by atoms with van der Waals surface area (Å²) in [6.45, 7) is 1.34. The normalized spacial score (nSPS) is 13.1. The lowest BCUT2D eigenvalue weighted by Crippen LogP contribution is -2.15. The highest BCUT2D eigenvalue weighted by molar-refractivity contribution is 7.92. The molecule has 0 bridgehead atoms. The van der Waals surface area contributed by atoms with Gasteiger partial charge in [-0.1, -0.05) is 0 Å². The summed E-state index contributed by atoms with van der Waals surface area (Å²) in [6.07, 6.45) is 0. The summed E-state index contributed by atoms with van der Waals surface area (Å²) in [5.74, 6) is 0. The fourth-order valence-corrected chi connectivity index (χ4v) is 4.18. The van der Waals surface area contributed by atoms with E-state index in [0.29, 0.717) is 0 Å². The Labute approximate surface area is 85.6 Å². The zero-order valence-corrected chi connectivity index (χ0v) is 9.54. The molecule has 0 unspecified atom stereocenters. The second-order valence-corrected chi connectivity index (χ2v) is 6.77. The van der Waals surface area contributed by atoms with E-state index in [4.69, 9.17) is 10.3 Å². The van der Waals surface area contributed by atoms with Crippen LogP contribution in [0.5, 0.6) is 0 Å². The average Bonchev–Trinajstić information content (AvgIpc) is 2.26. The van der Waals surface area contributed by atoms with Crippen molar-refractivity contribution in [2.45, 2.75) is 16.0 Å². The lowest BCUT2D eigenvalue weighted by molar-refractivity contribution is 0.597. The Morgan fingerprint density at radius 2 is 1.64 bits per heavy atom. The number of primary sulfonamides is 2. The van der Waals surface area contributed by atoms with Gasteiger partial charge in [0.05, 0.1) is 4.90 Å². The van der Waals surface area contributed by atoms with E-state index < -0.39 is 20.0 Å². The number of hydrogen-bond donors (Lipinski definition) is 2. The summed E-state index contributed by atoms with van der Waals surface area (Å²) in [5, 5.41) is 10.9. The van der Waals surface area contributed by atoms with Crippen molar-refractivity contribution in [3.63, 3.8) is 0 Å². The molecule has 0 fully saturated rings. The highest BCUT2D eigenvalue weighted by atomic mass is 32.2. The Bertz CT molecular complexity index is 504. The maximum absolute atomic E-state index is 10.9. The molecule has 0 saturated carbocycles. The van der Waals surface area contributed by atoms with Crippen molar-refractivity contribution in [2.24, 2.45) is 10.3 Å². The number of nitrogens with two attached hydrogens (primary N) is 2. The van der Waals surface area contributed by atoms with E-state index in [0.717, 1.165) is 16.7 Å². The highest BCUT2D eigenvalue weighted by Crippen LogP contribution is 2.27. The zero-order chi connectivity index (χ0) is 11.1. The van der Waals surface area contributed by atoms with Crippen LogP contribution in [0, 0.1) is 6.92 Å². The number of thiophene rings is 1. The molecule has 0 aliphatic rings. The van der Waals surface area contributed by atoms with Crippen LogP contribution in [0.4, 0.5) is 0 Å². The smallest absolute Gasteiger partial charge is 0.225 e. The predicted octanol–water partition coefficient (Wildman–Crippen LogP) is -0.649. The molecule has 9 heteroatoms. The first kappa shape index (κ1) is 11.6. The predicted molar refractivity (Wildman–Crippen MR) is 51.8 cm³/mol. The summed E-state index contributed by atoms with van der Waals surface area (Å²) < 4.78 is 43.6. The van der Waals surface area contributed by atoms with E-state index in [1.807, 2.05) is 0 Å². The Hall–Kier alpha value is -0.480. The number of rotatable bonds is 2. The molecule has 14 heavy (non-hydrogen) atoms. The van der Waals surface area contributed by atoms with E-state index in [-0.39, 0.29) is 14.7 Å². The average molecular weight is 256 g/mol. The molecular weight excluding hydrogens is 248 g/mol. The first-order chi connectivity index (χ1) is 6.14. The van der Waals surface area contributed by atoms with E-state index in [2.05, 4.69) is 0 Å². The van der Waals surface area contributed by atoms with Crippen LogP contribution >= 0.6 is 11.3 Å². The third kappa shape index (κ3) is 2.12. The highest BCUT2D eigenvalue weighted by Gasteiger charge is 2.22. The Balaban J connectivity index is 3.53. The Morgan fingerprint density at radius 3 is 1.86 bits per heavy atom. The second kappa shape index (κ2) is 3.28. The summed E-state index contributed by atoms with van der Waals surface area (Å²) in [4.78, 5) is -0.202. The van der Waals surface area contributed by atoms with Crippen molar-refractivity contribution in [1.82, 2.24) is 0 Å². The van der Waals surface area contributed by atoms with E-state index in [9.17, 15) is 16.8 Å². The van der Waals surface area contributed by atoms with Crippen LogP contribution in [-0.4, -0.2) is 16.8 Å². The molecule has 0 aromatic carbocycles. The molecule has 0 aliphatic carbocycles. The molecule has 0 spiro atoms. The summed E-state index contributed by atoms with van der Waals surface area (Å²) in [6, 6.07) is 0. The molecule has 0 aliphatic heterocycles. The van der Waals surface area contributed by atoms with Crippen LogP contribution in [-0.2, 0) is 20.0 Å². The maximum atomic E-state index is 10.9. The Morgan fingerprint density at radius 1 is 1.14 bits per heavy atom. The fourth-order valence-electron chi connectivity index (χ4n) is 0.945. The summed E-state index contributed by atoms with van der Waals surface area (Å²) in [5.41, 5.74) is 0.0694. The largest absolute Gasteiger partial charge is 0.247 e. The van der Waals surface area contributed by atoms with Gasteiger partial charge >= 0.3 is 0 Å². The van der Waals surface area contributed by atoms with Crippen molar-refractivity contribution < 1.29 is 16.8 Å². The van der Waals surface area contributed by atoms with Gasteiger partial charge in [-0.3, -0.25) is 0 Å². The molecule has 1 heterocycles. The van der Waals surface area contributed by atoms with Gasteiger partial charge in [-0.05, 0) is 6.92 Å². The molecule has 1 aromatic rings. The quantitative estimate of drug-likeness (QED) is 0.730. The molecular formula is C5H8N2O4S3. The molecule has 6 nitrogen and oxygen atoms in total. The summed E-state index contributed by atoms with van der Waals surface area (Å²) >= 11 is 0.738. The number of sulfonamides is 2. The standard InChI is InChI=1S/C5H8N2O4S3/c1-3-4(13(6,8)9)2-12-5(3)14(7,10)11/h2H,1H3,(H2,6,8,9)(H2,7,10,11). The fraction of sp³-hybridized carbons (Fsp3) is 0.200. The van der Waals surface area contributed by atoms with Crippen molar-refractivity contribution in [3.8, 4) is 0 Å². The minimum absolute atomic E-state index is 0.0694. The first-order valence-corrected chi connectivity index (χ1v) is 7.25. The van der Waals surface area contributed by atoms with Crippen molar-refractivity contribution in [2.75, 3.05) is 0 Å². The molecule has 1 rings (SSSR count). The van der Waals surface area contributed by atoms with Crippen LogP contribution in [0.25, 0.3) is 0 Å². The van der Waals surface area contributed by atoms with Crippen LogP contribution < -0.4 is 10.3 Å². The van der Waals surface area contributed by atoms with E-state index in [1.165, 1.54) is 6.92 Å². The molecule has 4 N–H and O–H groups in total. The van der Waals surface area contributed by atoms with E-state index in [1.54, 1.807) is 0 Å². The van der Waals surface area contributed by atoms with Gasteiger partial charge in [0, 0.05) is 10.9 Å². The molecule has 0 atom stereocenters. The molecule has 0 amide bonds. The van der Waals surface area contributed by atoms with Gasteiger partial charge in [-0.15, -0.1) is 11.3 Å². The lowest BCUT2D eigenvalue weighted by atomic mass is 10.4. The van der Waals surface area contributed by atoms with Gasteiger partial charge in [-0.2, -0.15) is 0 Å². The summed E-state index contributed by atoms with van der Waals surface area (Å²) in [7, 11) is -7.76. The molecule has 1 aromatic heterocycles. The second-order valence-electron chi connectivity index (χ2n) is 2.60. The van der Waals surface area contributed by atoms with Gasteiger partial charge < -0.3 is 0 Å². The lowest BCUT2D eigenvalue weighted by Gasteiger charge is -1.97. The van der Waals surface area contributed by atoms with Crippen LogP contribution in [0.1, 0.15) is 5.56 Å². The number of hydrogen-bond acceptors (Lipinski definition) is 5. The molecule has 80 valence electrons. The van der Waals surface area contributed by atoms with Crippen LogP contribution in [0.3, 0.4) is 0 Å². The maximum Gasteiger partial charge on any atom is 0.247 e. The van der Waals surface area contributed by atoms with Gasteiger partial charge in [0.2, 0.25) is 20.0 Å². The van der Waals surface area contributed by atoms with Gasteiger partial charge in [0.1, 0.15) is 4.21 Å². The van der Waals surface area contributed by atoms with Gasteiger partial charge in [-0.25, -0.2) is 27.1 Å². The van der Waals surface area contributed by atoms with Crippen molar-refractivity contribution in [3.05, 3.63) is 10.9 Å². The van der Waals surface area contributed by atoms with Crippen LogP contribution in [0.15, 0.2) is 14.5 Å². The SMILES string of the molecule is Cc1c(S(N)(=O)=O)csc1S(N)(=O)=O. The van der Waals surface area contributed by atoms with Crippen LogP contribution in [0.2, 0.25) is 0 Å².